The van der Waals surface area contributed by atoms with Gasteiger partial charge in [-0.25, -0.2) is 9.18 Å². The Bertz CT molecular complexity index is 749. The third-order valence-electron chi connectivity index (χ3n) is 3.62. The number of alkyl carbamates (subject to hydrolysis) is 1. The van der Waals surface area contributed by atoms with Gasteiger partial charge >= 0.3 is 6.09 Å². The van der Waals surface area contributed by atoms with E-state index in [0.717, 1.165) is 11.1 Å². The number of rotatable bonds is 1. The summed E-state index contributed by atoms with van der Waals surface area (Å²) >= 11 is 5.95. The van der Waals surface area contributed by atoms with Crippen LogP contribution in [0.25, 0.3) is 10.9 Å². The number of ether oxygens (including phenoxy) is 1. The molecule has 6 heteroatoms. The van der Waals surface area contributed by atoms with E-state index in [1.807, 2.05) is 31.5 Å². The molecule has 1 aliphatic heterocycles. The van der Waals surface area contributed by atoms with Crippen molar-refractivity contribution < 1.29 is 13.9 Å². The number of hydrogen-bond donors (Lipinski definition) is 1. The van der Waals surface area contributed by atoms with E-state index >= 15 is 0 Å². The van der Waals surface area contributed by atoms with Crippen molar-refractivity contribution in [1.29, 1.82) is 0 Å². The quantitative estimate of drug-likeness (QED) is 0.865. The predicted molar refractivity (Wildman–Crippen MR) is 83.8 cm³/mol. The molecule has 1 aromatic heterocycles. The first-order valence-corrected chi connectivity index (χ1v) is 7.57. The Balaban J connectivity index is 1.83. The third kappa shape index (κ3) is 2.77. The van der Waals surface area contributed by atoms with Crippen LogP contribution in [0.3, 0.4) is 0 Å². The average Bonchev–Trinajstić information content (AvgIpc) is 2.78. The monoisotopic (exact) mass is 324 g/mol. The van der Waals surface area contributed by atoms with E-state index < -0.39 is 17.5 Å². The summed E-state index contributed by atoms with van der Waals surface area (Å²) in [4.78, 5) is 11.9. The van der Waals surface area contributed by atoms with Crippen LogP contribution in [0.2, 0.25) is 5.02 Å². The fourth-order valence-corrected chi connectivity index (χ4v) is 3.10. The van der Waals surface area contributed by atoms with Crippen molar-refractivity contribution in [2.24, 2.45) is 0 Å². The van der Waals surface area contributed by atoms with E-state index in [0.29, 0.717) is 18.4 Å². The SMILES string of the molecule is CC(C)(C)OC(=O)NC1Cc2cc(Cl)c(F)c3ccn(c23)C1. The molecule has 3 rings (SSSR count). The van der Waals surface area contributed by atoms with Crippen LogP contribution in [0, 0.1) is 5.82 Å². The number of carbonyl (C=O) groups excluding carboxylic acids is 1. The van der Waals surface area contributed by atoms with Gasteiger partial charge in [0.05, 0.1) is 16.6 Å². The number of amides is 1. The highest BCUT2D eigenvalue weighted by atomic mass is 35.5. The zero-order valence-corrected chi connectivity index (χ0v) is 13.5. The van der Waals surface area contributed by atoms with Gasteiger partial charge in [-0.1, -0.05) is 11.6 Å². The third-order valence-corrected chi connectivity index (χ3v) is 3.89. The number of carbonyl (C=O) groups is 1. The lowest BCUT2D eigenvalue weighted by molar-refractivity contribution is 0.0498. The van der Waals surface area contributed by atoms with E-state index in [1.54, 1.807) is 12.1 Å². The molecular weight excluding hydrogens is 307 g/mol. The Hall–Kier alpha value is -1.75. The van der Waals surface area contributed by atoms with Gasteiger partial charge in [-0.2, -0.15) is 0 Å². The van der Waals surface area contributed by atoms with Crippen molar-refractivity contribution in [2.45, 2.75) is 45.4 Å². The Morgan fingerprint density at radius 1 is 1.50 bits per heavy atom. The van der Waals surface area contributed by atoms with Gasteiger partial charge in [0.15, 0.2) is 5.82 Å². The highest BCUT2D eigenvalue weighted by molar-refractivity contribution is 6.31. The van der Waals surface area contributed by atoms with Crippen LogP contribution in [0.5, 0.6) is 0 Å². The molecule has 0 aliphatic carbocycles. The molecular formula is C16H18ClFN2O2. The molecule has 1 aliphatic rings. The van der Waals surface area contributed by atoms with Gasteiger partial charge < -0.3 is 14.6 Å². The summed E-state index contributed by atoms with van der Waals surface area (Å²) in [5.41, 5.74) is 1.24. The maximum atomic E-state index is 14.0. The van der Waals surface area contributed by atoms with E-state index in [1.165, 1.54) is 0 Å². The maximum absolute atomic E-state index is 14.0. The molecule has 1 atom stereocenters. The lowest BCUT2D eigenvalue weighted by Crippen LogP contribution is -2.43. The van der Waals surface area contributed by atoms with Gasteiger partial charge in [0, 0.05) is 18.1 Å². The van der Waals surface area contributed by atoms with Crippen LogP contribution in [0.1, 0.15) is 26.3 Å². The van der Waals surface area contributed by atoms with E-state index in [-0.39, 0.29) is 11.1 Å². The minimum absolute atomic E-state index is 0.109. The summed E-state index contributed by atoms with van der Waals surface area (Å²) in [5, 5.41) is 3.50. The second kappa shape index (κ2) is 5.16. The number of benzene rings is 1. The van der Waals surface area contributed by atoms with Crippen LogP contribution < -0.4 is 5.32 Å². The number of nitrogens with one attached hydrogen (secondary N) is 1. The van der Waals surface area contributed by atoms with Crippen LogP contribution in [-0.2, 0) is 17.7 Å². The molecule has 1 unspecified atom stereocenters. The molecule has 0 saturated carbocycles. The number of halogens is 2. The Morgan fingerprint density at radius 3 is 2.91 bits per heavy atom. The first kappa shape index (κ1) is 15.2. The molecule has 1 amide bonds. The van der Waals surface area contributed by atoms with Gasteiger partial charge in [-0.3, -0.25) is 0 Å². The topological polar surface area (TPSA) is 43.3 Å². The molecule has 0 saturated heterocycles. The van der Waals surface area contributed by atoms with Crippen LogP contribution in [-0.4, -0.2) is 22.3 Å². The average molecular weight is 325 g/mol. The summed E-state index contributed by atoms with van der Waals surface area (Å²) in [7, 11) is 0. The van der Waals surface area contributed by atoms with Crippen molar-refractivity contribution in [1.82, 2.24) is 9.88 Å². The fourth-order valence-electron chi connectivity index (χ4n) is 2.87. The van der Waals surface area contributed by atoms with Gasteiger partial charge in [0.25, 0.3) is 0 Å². The summed E-state index contributed by atoms with van der Waals surface area (Å²) in [5.74, 6) is -0.391. The van der Waals surface area contributed by atoms with Crippen molar-refractivity contribution in [2.75, 3.05) is 0 Å². The Labute approximate surface area is 133 Å². The molecule has 118 valence electrons. The van der Waals surface area contributed by atoms with Gasteiger partial charge in [-0.15, -0.1) is 0 Å². The number of aromatic nitrogens is 1. The molecule has 2 heterocycles. The van der Waals surface area contributed by atoms with Crippen molar-refractivity contribution >= 4 is 28.6 Å². The van der Waals surface area contributed by atoms with Gasteiger partial charge in [0.1, 0.15) is 5.60 Å². The smallest absolute Gasteiger partial charge is 0.407 e. The van der Waals surface area contributed by atoms with E-state index in [9.17, 15) is 9.18 Å². The molecule has 0 bridgehead atoms. The van der Waals surface area contributed by atoms with Crippen LogP contribution >= 0.6 is 11.6 Å². The minimum Gasteiger partial charge on any atom is -0.444 e. The summed E-state index contributed by atoms with van der Waals surface area (Å²) < 4.78 is 21.2. The zero-order chi connectivity index (χ0) is 16.1. The molecule has 0 radical (unpaired) electrons. The lowest BCUT2D eigenvalue weighted by atomic mass is 10.00. The zero-order valence-electron chi connectivity index (χ0n) is 12.7. The normalized spacial score (nSPS) is 17.6. The largest absolute Gasteiger partial charge is 0.444 e. The van der Waals surface area contributed by atoms with Crippen LogP contribution in [0.4, 0.5) is 9.18 Å². The first-order chi connectivity index (χ1) is 10.2. The fraction of sp³-hybridized carbons (Fsp3) is 0.438. The predicted octanol–water partition coefficient (Wildman–Crippen LogP) is 3.88. The minimum atomic E-state index is -0.538. The molecule has 2 aromatic rings. The summed E-state index contributed by atoms with van der Waals surface area (Å²) in [6.45, 7) is 6.04. The molecule has 4 nitrogen and oxygen atoms in total. The summed E-state index contributed by atoms with van der Waals surface area (Å²) in [6, 6.07) is 3.24. The lowest BCUT2D eigenvalue weighted by Gasteiger charge is -2.27. The molecule has 1 aromatic carbocycles. The maximum Gasteiger partial charge on any atom is 0.407 e. The van der Waals surface area contributed by atoms with Crippen LogP contribution in [0.15, 0.2) is 18.3 Å². The highest BCUT2D eigenvalue weighted by Gasteiger charge is 2.26. The number of nitrogens with zero attached hydrogens (tertiary/aromatic N) is 1. The molecule has 0 fully saturated rings. The standard InChI is InChI=1S/C16H18ClFN2O2/c1-16(2,3)22-15(21)19-10-6-9-7-12(17)13(18)11-4-5-20(8-10)14(9)11/h4-5,7,10H,6,8H2,1-3H3,(H,19,21). The molecule has 0 spiro atoms. The second-order valence-electron chi connectivity index (χ2n) is 6.61. The molecule has 22 heavy (non-hydrogen) atoms. The van der Waals surface area contributed by atoms with Gasteiger partial charge in [0.2, 0.25) is 0 Å². The van der Waals surface area contributed by atoms with E-state index in [2.05, 4.69) is 5.32 Å². The van der Waals surface area contributed by atoms with Crippen molar-refractivity contribution in [3.05, 3.63) is 34.7 Å². The summed E-state index contributed by atoms with van der Waals surface area (Å²) in [6.07, 6.45) is 1.97. The first-order valence-electron chi connectivity index (χ1n) is 7.20. The van der Waals surface area contributed by atoms with Crippen molar-refractivity contribution in [3.8, 4) is 0 Å². The Morgan fingerprint density at radius 2 is 2.23 bits per heavy atom. The van der Waals surface area contributed by atoms with Crippen molar-refractivity contribution in [3.63, 3.8) is 0 Å². The molecule has 1 N–H and O–H groups in total. The van der Waals surface area contributed by atoms with E-state index in [4.69, 9.17) is 16.3 Å². The Kier molecular flexibility index (Phi) is 3.56. The highest BCUT2D eigenvalue weighted by Crippen LogP contribution is 2.32. The van der Waals surface area contributed by atoms with Gasteiger partial charge in [-0.05, 0) is 44.9 Å². The number of hydrogen-bond acceptors (Lipinski definition) is 2. The second-order valence-corrected chi connectivity index (χ2v) is 7.02.